The number of nitrogens with zero attached hydrogens (tertiary/aromatic N) is 2. The Kier molecular flexibility index (Phi) is 3.28. The van der Waals surface area contributed by atoms with Crippen LogP contribution in [0.1, 0.15) is 12.0 Å². The van der Waals surface area contributed by atoms with Crippen molar-refractivity contribution in [2.24, 2.45) is 5.92 Å². The van der Waals surface area contributed by atoms with Crippen molar-refractivity contribution < 1.29 is 15.0 Å². The quantitative estimate of drug-likeness (QED) is 0.789. The molecule has 0 aliphatic carbocycles. The fourth-order valence-electron chi connectivity index (χ4n) is 2.22. The van der Waals surface area contributed by atoms with Crippen molar-refractivity contribution in [1.82, 2.24) is 4.98 Å². The molecule has 2 N–H and O–H groups in total. The van der Waals surface area contributed by atoms with Crippen LogP contribution in [0.5, 0.6) is 0 Å². The van der Waals surface area contributed by atoms with E-state index in [9.17, 15) is 9.90 Å². The molecule has 1 aromatic heterocycles. The maximum Gasteiger partial charge on any atom is 0.309 e. The van der Waals surface area contributed by atoms with E-state index in [0.717, 1.165) is 11.4 Å². The Bertz CT molecular complexity index is 422. The van der Waals surface area contributed by atoms with Crippen LogP contribution in [0.3, 0.4) is 0 Å². The summed E-state index contributed by atoms with van der Waals surface area (Å²) in [4.78, 5) is 17.1. The van der Waals surface area contributed by atoms with E-state index < -0.39 is 18.0 Å². The van der Waals surface area contributed by atoms with E-state index in [1.54, 1.807) is 6.20 Å². The Morgan fingerprint density at radius 1 is 1.59 bits per heavy atom. The first kappa shape index (κ1) is 11.9. The third kappa shape index (κ3) is 2.39. The van der Waals surface area contributed by atoms with Crippen molar-refractivity contribution in [3.8, 4) is 0 Å². The van der Waals surface area contributed by atoms with Gasteiger partial charge in [-0.2, -0.15) is 0 Å². The average molecular weight is 236 g/mol. The van der Waals surface area contributed by atoms with Gasteiger partial charge >= 0.3 is 5.97 Å². The number of anilines is 1. The van der Waals surface area contributed by atoms with E-state index in [1.807, 2.05) is 24.0 Å². The Labute approximate surface area is 99.7 Å². The van der Waals surface area contributed by atoms with E-state index in [0.29, 0.717) is 19.5 Å². The monoisotopic (exact) mass is 236 g/mol. The van der Waals surface area contributed by atoms with E-state index in [1.165, 1.54) is 0 Å². The van der Waals surface area contributed by atoms with Gasteiger partial charge in [-0.25, -0.2) is 4.98 Å². The largest absolute Gasteiger partial charge is 0.481 e. The predicted octanol–water partition coefficient (Wildman–Crippen LogP) is 0.662. The molecule has 2 heterocycles. The number of β-amino-alcohol motifs (C(OH)–C–C–N with tert-alkyl or cyclic N) is 1. The number of aliphatic carboxylic acids is 1. The van der Waals surface area contributed by atoms with E-state index in [4.69, 9.17) is 5.11 Å². The van der Waals surface area contributed by atoms with Crippen molar-refractivity contribution >= 4 is 11.8 Å². The summed E-state index contributed by atoms with van der Waals surface area (Å²) in [5, 5.41) is 18.7. The number of rotatable bonds is 2. The first-order valence-corrected chi connectivity index (χ1v) is 5.67. The van der Waals surface area contributed by atoms with Crippen LogP contribution in [0, 0.1) is 12.8 Å². The Morgan fingerprint density at radius 2 is 2.35 bits per heavy atom. The maximum atomic E-state index is 10.9. The lowest BCUT2D eigenvalue weighted by Crippen LogP contribution is -2.47. The molecule has 1 aliphatic rings. The molecule has 0 bridgehead atoms. The molecule has 0 spiro atoms. The normalized spacial score (nSPS) is 24.7. The van der Waals surface area contributed by atoms with Crippen molar-refractivity contribution in [1.29, 1.82) is 0 Å². The fourth-order valence-corrected chi connectivity index (χ4v) is 2.22. The van der Waals surface area contributed by atoms with Crippen LogP contribution in [0.2, 0.25) is 0 Å². The molecular weight excluding hydrogens is 220 g/mol. The number of carbonyl (C=O) groups is 1. The minimum atomic E-state index is -0.921. The van der Waals surface area contributed by atoms with Gasteiger partial charge in [0.1, 0.15) is 5.82 Å². The van der Waals surface area contributed by atoms with Gasteiger partial charge in [-0.05, 0) is 25.0 Å². The topological polar surface area (TPSA) is 73.7 Å². The standard InChI is InChI=1S/C12H16N2O3/c1-8-3-2-5-13-11(8)14-6-4-9(12(16)17)10(15)7-14/h2-3,5,9-10,15H,4,6-7H2,1H3,(H,16,17)/t9-,10+/m0/s1. The van der Waals surface area contributed by atoms with Crippen LogP contribution in [-0.2, 0) is 4.79 Å². The smallest absolute Gasteiger partial charge is 0.309 e. The molecule has 1 aliphatic heterocycles. The number of aliphatic hydroxyl groups excluding tert-OH is 1. The zero-order valence-corrected chi connectivity index (χ0v) is 9.71. The molecule has 2 atom stereocenters. The van der Waals surface area contributed by atoms with Crippen LogP contribution in [0.15, 0.2) is 18.3 Å². The number of carboxylic acids is 1. The van der Waals surface area contributed by atoms with Gasteiger partial charge in [0.25, 0.3) is 0 Å². The molecule has 0 saturated carbocycles. The van der Waals surface area contributed by atoms with Crippen LogP contribution < -0.4 is 4.90 Å². The zero-order chi connectivity index (χ0) is 12.4. The minimum Gasteiger partial charge on any atom is -0.481 e. The summed E-state index contributed by atoms with van der Waals surface area (Å²) in [6.45, 7) is 2.90. The highest BCUT2D eigenvalue weighted by molar-refractivity contribution is 5.71. The van der Waals surface area contributed by atoms with Gasteiger partial charge in [0.05, 0.1) is 12.0 Å². The van der Waals surface area contributed by atoms with Gasteiger partial charge < -0.3 is 15.1 Å². The molecule has 5 nitrogen and oxygen atoms in total. The van der Waals surface area contributed by atoms with Gasteiger partial charge in [-0.3, -0.25) is 4.79 Å². The number of aromatic nitrogens is 1. The average Bonchev–Trinajstić information content (AvgIpc) is 2.29. The first-order chi connectivity index (χ1) is 8.09. The summed E-state index contributed by atoms with van der Waals surface area (Å²) < 4.78 is 0. The third-order valence-corrected chi connectivity index (χ3v) is 3.18. The summed E-state index contributed by atoms with van der Waals surface area (Å²) in [7, 11) is 0. The molecule has 1 aromatic rings. The van der Waals surface area contributed by atoms with Crippen LogP contribution in [-0.4, -0.2) is 40.4 Å². The number of carboxylic acid groups (broad SMARTS) is 1. The molecular formula is C12H16N2O3. The first-order valence-electron chi connectivity index (χ1n) is 5.67. The summed E-state index contributed by atoms with van der Waals surface area (Å²) in [5.41, 5.74) is 1.04. The highest BCUT2D eigenvalue weighted by atomic mass is 16.4. The lowest BCUT2D eigenvalue weighted by atomic mass is 9.94. The van der Waals surface area contributed by atoms with Crippen molar-refractivity contribution in [3.63, 3.8) is 0 Å². The summed E-state index contributed by atoms with van der Waals surface area (Å²) in [6, 6.07) is 3.82. The van der Waals surface area contributed by atoms with Gasteiger partial charge in [0.2, 0.25) is 0 Å². The van der Waals surface area contributed by atoms with Crippen LogP contribution >= 0.6 is 0 Å². The molecule has 17 heavy (non-hydrogen) atoms. The summed E-state index contributed by atoms with van der Waals surface area (Å²) in [5.74, 6) is -0.749. The molecule has 0 unspecified atom stereocenters. The molecule has 5 heteroatoms. The molecule has 0 amide bonds. The predicted molar refractivity (Wildman–Crippen MR) is 62.9 cm³/mol. The van der Waals surface area contributed by atoms with Crippen molar-refractivity contribution in [2.75, 3.05) is 18.0 Å². The zero-order valence-electron chi connectivity index (χ0n) is 9.71. The molecule has 0 aromatic carbocycles. The SMILES string of the molecule is Cc1cccnc1N1CC[C@H](C(=O)O)[C@H](O)C1. The van der Waals surface area contributed by atoms with Crippen LogP contribution in [0.25, 0.3) is 0 Å². The van der Waals surface area contributed by atoms with Gasteiger partial charge in [0, 0.05) is 19.3 Å². The van der Waals surface area contributed by atoms with E-state index >= 15 is 0 Å². The molecule has 92 valence electrons. The summed E-state index contributed by atoms with van der Waals surface area (Å²) in [6.07, 6.45) is 1.33. The fraction of sp³-hybridized carbons (Fsp3) is 0.500. The third-order valence-electron chi connectivity index (χ3n) is 3.18. The number of piperidine rings is 1. The second kappa shape index (κ2) is 4.71. The molecule has 1 saturated heterocycles. The van der Waals surface area contributed by atoms with Crippen molar-refractivity contribution in [2.45, 2.75) is 19.4 Å². The van der Waals surface area contributed by atoms with E-state index in [2.05, 4.69) is 4.98 Å². The number of hydrogen-bond acceptors (Lipinski definition) is 4. The Morgan fingerprint density at radius 3 is 2.94 bits per heavy atom. The minimum absolute atomic E-state index is 0.328. The highest BCUT2D eigenvalue weighted by Crippen LogP contribution is 2.24. The van der Waals surface area contributed by atoms with E-state index in [-0.39, 0.29) is 0 Å². The van der Waals surface area contributed by atoms with Crippen molar-refractivity contribution in [3.05, 3.63) is 23.9 Å². The Balaban J connectivity index is 2.12. The molecule has 0 radical (unpaired) electrons. The highest BCUT2D eigenvalue weighted by Gasteiger charge is 2.33. The molecule has 1 fully saturated rings. The number of pyridine rings is 1. The number of aliphatic hydroxyl groups is 1. The second-order valence-electron chi connectivity index (χ2n) is 4.39. The second-order valence-corrected chi connectivity index (χ2v) is 4.39. The number of hydrogen-bond donors (Lipinski definition) is 2. The van der Waals surface area contributed by atoms with Gasteiger partial charge in [-0.15, -0.1) is 0 Å². The maximum absolute atomic E-state index is 10.9. The van der Waals surface area contributed by atoms with Gasteiger partial charge in [-0.1, -0.05) is 6.07 Å². The number of aryl methyl sites for hydroxylation is 1. The van der Waals surface area contributed by atoms with Gasteiger partial charge in [0.15, 0.2) is 0 Å². The summed E-state index contributed by atoms with van der Waals surface area (Å²) >= 11 is 0. The Hall–Kier alpha value is -1.62. The van der Waals surface area contributed by atoms with Crippen LogP contribution in [0.4, 0.5) is 5.82 Å². The molecule has 2 rings (SSSR count). The lowest BCUT2D eigenvalue weighted by Gasteiger charge is -2.35. The lowest BCUT2D eigenvalue weighted by molar-refractivity contribution is -0.146.